The van der Waals surface area contributed by atoms with Crippen LogP contribution in [0.25, 0.3) is 0 Å². The topological polar surface area (TPSA) is 45.2 Å². The largest absolute Gasteiger partial charge is 0.348 e. The van der Waals surface area contributed by atoms with E-state index in [-0.39, 0.29) is 11.6 Å². The molecule has 1 aliphatic rings. The average molecular weight is 283 g/mol. The van der Waals surface area contributed by atoms with Crippen molar-refractivity contribution < 1.29 is 13.6 Å². The second-order valence-electron chi connectivity index (χ2n) is 5.20. The number of aromatic nitrogens is 1. The van der Waals surface area contributed by atoms with Crippen molar-refractivity contribution in [2.24, 2.45) is 0 Å². The zero-order valence-electron chi connectivity index (χ0n) is 11.5. The maximum Gasteiger partial charge on any atom is 0.254 e. The van der Waals surface area contributed by atoms with Crippen LogP contribution in [0.15, 0.2) is 12.3 Å². The van der Waals surface area contributed by atoms with Crippen LogP contribution in [0.3, 0.4) is 0 Å². The van der Waals surface area contributed by atoms with Gasteiger partial charge in [0, 0.05) is 18.8 Å². The zero-order chi connectivity index (χ0) is 14.5. The highest BCUT2D eigenvalue weighted by atomic mass is 19.2. The molecule has 0 bridgehead atoms. The van der Waals surface area contributed by atoms with E-state index in [9.17, 15) is 13.6 Å². The third-order valence-electron chi connectivity index (χ3n) is 3.45. The van der Waals surface area contributed by atoms with Crippen LogP contribution in [-0.2, 0) is 0 Å². The van der Waals surface area contributed by atoms with Crippen molar-refractivity contribution in [2.75, 3.05) is 19.6 Å². The fourth-order valence-electron chi connectivity index (χ4n) is 2.47. The van der Waals surface area contributed by atoms with Gasteiger partial charge in [-0.3, -0.25) is 4.79 Å². The molecule has 0 radical (unpaired) electrons. The Balaban J connectivity index is 1.91. The molecule has 4 nitrogen and oxygen atoms in total. The third kappa shape index (κ3) is 3.72. The monoisotopic (exact) mass is 283 g/mol. The Hall–Kier alpha value is -1.56. The lowest BCUT2D eigenvalue weighted by molar-refractivity contribution is 0.0920. The SMILES string of the molecule is CC(CN1CCCCC1)NC(=O)c1ccnc(F)c1F. The number of pyridine rings is 1. The quantitative estimate of drug-likeness (QED) is 0.859. The summed E-state index contributed by atoms with van der Waals surface area (Å²) in [4.78, 5) is 17.3. The maximum absolute atomic E-state index is 13.5. The molecule has 1 aromatic heterocycles. The molecule has 0 spiro atoms. The standard InChI is InChI=1S/C14H19F2N3O/c1-10(9-19-7-3-2-4-8-19)18-14(20)11-5-6-17-13(16)12(11)15/h5-6,10H,2-4,7-9H2,1H3,(H,18,20). The summed E-state index contributed by atoms with van der Waals surface area (Å²) in [5, 5.41) is 2.70. The van der Waals surface area contributed by atoms with Gasteiger partial charge >= 0.3 is 0 Å². The second-order valence-corrected chi connectivity index (χ2v) is 5.20. The summed E-state index contributed by atoms with van der Waals surface area (Å²) in [6.45, 7) is 4.64. The molecule has 0 aliphatic carbocycles. The van der Waals surface area contributed by atoms with Crippen LogP contribution in [0.4, 0.5) is 8.78 Å². The molecule has 1 aromatic rings. The average Bonchev–Trinajstić information content (AvgIpc) is 2.42. The Labute approximate surface area is 117 Å². The molecule has 1 unspecified atom stereocenters. The highest BCUT2D eigenvalue weighted by Gasteiger charge is 2.19. The summed E-state index contributed by atoms with van der Waals surface area (Å²) >= 11 is 0. The molecule has 1 N–H and O–H groups in total. The van der Waals surface area contributed by atoms with Gasteiger partial charge in [0.25, 0.3) is 5.91 Å². The van der Waals surface area contributed by atoms with Gasteiger partial charge in [-0.25, -0.2) is 9.37 Å². The van der Waals surface area contributed by atoms with E-state index in [1.54, 1.807) is 0 Å². The molecule has 1 fully saturated rings. The summed E-state index contributed by atoms with van der Waals surface area (Å²) in [5.74, 6) is -3.05. The highest BCUT2D eigenvalue weighted by molar-refractivity contribution is 5.94. The number of hydrogen-bond donors (Lipinski definition) is 1. The van der Waals surface area contributed by atoms with Gasteiger partial charge in [-0.15, -0.1) is 0 Å². The summed E-state index contributed by atoms with van der Waals surface area (Å²) < 4.78 is 26.4. The van der Waals surface area contributed by atoms with Gasteiger partial charge in [0.15, 0.2) is 5.82 Å². The second kappa shape index (κ2) is 6.74. The molecular formula is C14H19F2N3O. The Morgan fingerprint density at radius 3 is 2.80 bits per heavy atom. The minimum atomic E-state index is -1.25. The number of carbonyl (C=O) groups excluding carboxylic acids is 1. The first-order chi connectivity index (χ1) is 9.58. The Morgan fingerprint density at radius 2 is 2.10 bits per heavy atom. The lowest BCUT2D eigenvalue weighted by Crippen LogP contribution is -2.43. The van der Waals surface area contributed by atoms with Crippen molar-refractivity contribution in [3.8, 4) is 0 Å². The number of likely N-dealkylation sites (tertiary alicyclic amines) is 1. The summed E-state index contributed by atoms with van der Waals surface area (Å²) in [6.07, 6.45) is 4.68. The number of nitrogens with one attached hydrogen (secondary N) is 1. The zero-order valence-corrected chi connectivity index (χ0v) is 11.5. The first kappa shape index (κ1) is 14.8. The smallest absolute Gasteiger partial charge is 0.254 e. The number of nitrogens with zero attached hydrogens (tertiary/aromatic N) is 2. The highest BCUT2D eigenvalue weighted by Crippen LogP contribution is 2.11. The molecule has 1 aliphatic heterocycles. The summed E-state index contributed by atoms with van der Waals surface area (Å²) in [6, 6.07) is 1.07. The van der Waals surface area contributed by atoms with Crippen LogP contribution < -0.4 is 5.32 Å². The summed E-state index contributed by atoms with van der Waals surface area (Å²) in [7, 11) is 0. The number of hydrogen-bond acceptors (Lipinski definition) is 3. The van der Waals surface area contributed by atoms with Crippen molar-refractivity contribution >= 4 is 5.91 Å². The van der Waals surface area contributed by atoms with Crippen molar-refractivity contribution in [2.45, 2.75) is 32.2 Å². The fourth-order valence-corrected chi connectivity index (χ4v) is 2.47. The van der Waals surface area contributed by atoms with E-state index in [1.165, 1.54) is 25.3 Å². The van der Waals surface area contributed by atoms with E-state index in [4.69, 9.17) is 0 Å². The normalized spacial score (nSPS) is 17.8. The van der Waals surface area contributed by atoms with E-state index in [2.05, 4.69) is 15.2 Å². The van der Waals surface area contributed by atoms with E-state index >= 15 is 0 Å². The Bertz CT molecular complexity index is 475. The molecule has 110 valence electrons. The van der Waals surface area contributed by atoms with E-state index < -0.39 is 17.7 Å². The van der Waals surface area contributed by atoms with E-state index in [0.29, 0.717) is 0 Å². The van der Waals surface area contributed by atoms with E-state index in [1.807, 2.05) is 6.92 Å². The van der Waals surface area contributed by atoms with Crippen molar-refractivity contribution in [1.82, 2.24) is 15.2 Å². The Morgan fingerprint density at radius 1 is 1.40 bits per heavy atom. The van der Waals surface area contributed by atoms with Crippen LogP contribution in [0.5, 0.6) is 0 Å². The van der Waals surface area contributed by atoms with Crippen LogP contribution in [0.1, 0.15) is 36.5 Å². The van der Waals surface area contributed by atoms with Gasteiger partial charge in [-0.1, -0.05) is 6.42 Å². The first-order valence-electron chi connectivity index (χ1n) is 6.91. The summed E-state index contributed by atoms with van der Waals surface area (Å²) in [5.41, 5.74) is -0.303. The predicted octanol–water partition coefficient (Wildman–Crippen LogP) is 1.96. The molecule has 6 heteroatoms. The molecule has 2 rings (SSSR count). The maximum atomic E-state index is 13.5. The molecule has 20 heavy (non-hydrogen) atoms. The number of halogens is 2. The number of piperidine rings is 1. The van der Waals surface area contributed by atoms with Gasteiger partial charge < -0.3 is 10.2 Å². The molecule has 0 saturated carbocycles. The minimum Gasteiger partial charge on any atom is -0.348 e. The molecule has 1 amide bonds. The van der Waals surface area contributed by atoms with Gasteiger partial charge in [0.05, 0.1) is 5.56 Å². The number of rotatable bonds is 4. The van der Waals surface area contributed by atoms with Crippen molar-refractivity contribution in [3.63, 3.8) is 0 Å². The molecule has 1 saturated heterocycles. The van der Waals surface area contributed by atoms with Crippen molar-refractivity contribution in [3.05, 3.63) is 29.6 Å². The lowest BCUT2D eigenvalue weighted by Gasteiger charge is -2.29. The van der Waals surface area contributed by atoms with Gasteiger partial charge in [-0.2, -0.15) is 4.39 Å². The molecule has 2 heterocycles. The third-order valence-corrected chi connectivity index (χ3v) is 3.45. The molecular weight excluding hydrogens is 264 g/mol. The van der Waals surface area contributed by atoms with Crippen LogP contribution in [0.2, 0.25) is 0 Å². The first-order valence-corrected chi connectivity index (χ1v) is 6.91. The van der Waals surface area contributed by atoms with E-state index in [0.717, 1.165) is 25.8 Å². The Kier molecular flexibility index (Phi) is 5.00. The van der Waals surface area contributed by atoms with Crippen LogP contribution in [0, 0.1) is 11.8 Å². The lowest BCUT2D eigenvalue weighted by atomic mass is 10.1. The van der Waals surface area contributed by atoms with Gasteiger partial charge in [0.1, 0.15) is 0 Å². The number of carbonyl (C=O) groups is 1. The molecule has 0 aromatic carbocycles. The molecule has 1 atom stereocenters. The van der Waals surface area contributed by atoms with Crippen molar-refractivity contribution in [1.29, 1.82) is 0 Å². The minimum absolute atomic E-state index is 0.115. The fraction of sp³-hybridized carbons (Fsp3) is 0.571. The number of amides is 1. The van der Waals surface area contributed by atoms with Crippen LogP contribution in [-0.4, -0.2) is 41.5 Å². The predicted molar refractivity (Wildman–Crippen MR) is 71.4 cm³/mol. The van der Waals surface area contributed by atoms with Gasteiger partial charge in [0.2, 0.25) is 5.95 Å². The van der Waals surface area contributed by atoms with Gasteiger partial charge in [-0.05, 0) is 38.9 Å². The van der Waals surface area contributed by atoms with Crippen LogP contribution >= 0.6 is 0 Å².